The van der Waals surface area contributed by atoms with Crippen molar-refractivity contribution in [2.75, 3.05) is 12.0 Å². The second-order valence-corrected chi connectivity index (χ2v) is 7.34. The summed E-state index contributed by atoms with van der Waals surface area (Å²) >= 11 is 0. The van der Waals surface area contributed by atoms with Crippen molar-refractivity contribution >= 4 is 29.5 Å². The van der Waals surface area contributed by atoms with Gasteiger partial charge in [-0.05, 0) is 41.5 Å². The first-order valence-electron chi connectivity index (χ1n) is 9.28. The topological polar surface area (TPSA) is 66.9 Å². The summed E-state index contributed by atoms with van der Waals surface area (Å²) in [5.41, 5.74) is 2.13. The van der Waals surface area contributed by atoms with Crippen molar-refractivity contribution in [1.29, 1.82) is 0 Å². The molecule has 2 aromatic carbocycles. The molecule has 3 heterocycles. The maximum Gasteiger partial charge on any atom is 0.329 e. The second kappa shape index (κ2) is 6.27. The van der Waals surface area contributed by atoms with Crippen LogP contribution in [0.3, 0.4) is 0 Å². The molecule has 5 rings (SSSR count). The molecule has 2 fully saturated rings. The third-order valence-corrected chi connectivity index (χ3v) is 5.99. The van der Waals surface area contributed by atoms with Gasteiger partial charge in [-0.15, -0.1) is 0 Å². The van der Waals surface area contributed by atoms with Gasteiger partial charge in [0.05, 0.1) is 30.7 Å². The Hall–Kier alpha value is -3.48. The van der Waals surface area contributed by atoms with E-state index in [-0.39, 0.29) is 0 Å². The zero-order valence-electron chi connectivity index (χ0n) is 15.5. The Balaban J connectivity index is 1.65. The van der Waals surface area contributed by atoms with Gasteiger partial charge >= 0.3 is 5.97 Å². The monoisotopic (exact) mass is 392 g/mol. The highest BCUT2D eigenvalue weighted by Crippen LogP contribution is 2.53. The molecule has 4 atom stereocenters. The van der Waals surface area contributed by atoms with E-state index in [1.165, 1.54) is 31.4 Å². The van der Waals surface area contributed by atoms with Crippen molar-refractivity contribution in [3.05, 3.63) is 71.7 Å². The smallest absolute Gasteiger partial charge is 0.329 e. The number of halogens is 1. The largest absolute Gasteiger partial charge is 0.467 e. The highest BCUT2D eigenvalue weighted by molar-refractivity contribution is 6.23. The summed E-state index contributed by atoms with van der Waals surface area (Å²) in [6, 6.07) is 11.4. The van der Waals surface area contributed by atoms with Crippen molar-refractivity contribution < 1.29 is 23.5 Å². The molecule has 0 saturated carbocycles. The van der Waals surface area contributed by atoms with Gasteiger partial charge in [0.1, 0.15) is 11.9 Å². The highest BCUT2D eigenvalue weighted by atomic mass is 19.1. The van der Waals surface area contributed by atoms with E-state index in [0.29, 0.717) is 5.69 Å². The molecule has 0 aliphatic carbocycles. The molecule has 0 unspecified atom stereocenters. The third-order valence-electron chi connectivity index (χ3n) is 5.99. The fourth-order valence-corrected chi connectivity index (χ4v) is 4.79. The molecule has 3 aliphatic heterocycles. The van der Waals surface area contributed by atoms with Crippen LogP contribution in [0, 0.1) is 17.7 Å². The van der Waals surface area contributed by atoms with E-state index < -0.39 is 47.5 Å². The Labute approximate surface area is 166 Å². The molecule has 2 saturated heterocycles. The Morgan fingerprint density at radius 2 is 1.69 bits per heavy atom. The van der Waals surface area contributed by atoms with Crippen molar-refractivity contribution in [2.24, 2.45) is 11.8 Å². The number of imide groups is 1. The lowest BCUT2D eigenvalue weighted by molar-refractivity contribution is -0.148. The molecule has 6 nitrogen and oxygen atoms in total. The maximum atomic E-state index is 13.4. The molecular formula is C22H17FN2O4. The number of carbonyl (C=O) groups excluding carboxylic acids is 3. The first kappa shape index (κ1) is 17.6. The van der Waals surface area contributed by atoms with Gasteiger partial charge in [-0.25, -0.2) is 14.1 Å². The summed E-state index contributed by atoms with van der Waals surface area (Å²) in [4.78, 5) is 42.2. The van der Waals surface area contributed by atoms with Crippen molar-refractivity contribution in [3.8, 4) is 0 Å². The lowest BCUT2D eigenvalue weighted by atomic mass is 9.84. The van der Waals surface area contributed by atoms with Gasteiger partial charge in [-0.1, -0.05) is 24.3 Å². The van der Waals surface area contributed by atoms with Crippen LogP contribution in [0.1, 0.15) is 17.2 Å². The molecule has 0 bridgehead atoms. The van der Waals surface area contributed by atoms with Crippen LogP contribution in [0.15, 0.2) is 54.7 Å². The highest BCUT2D eigenvalue weighted by Gasteiger charge is 2.65. The first-order valence-corrected chi connectivity index (χ1v) is 9.28. The number of hydrogen-bond acceptors (Lipinski definition) is 5. The Bertz CT molecular complexity index is 1060. The lowest BCUT2D eigenvalue weighted by Crippen LogP contribution is -2.44. The molecule has 3 aliphatic rings. The number of carbonyl (C=O) groups is 3. The molecule has 2 amide bonds. The minimum atomic E-state index is -0.901. The van der Waals surface area contributed by atoms with E-state index in [0.717, 1.165) is 16.0 Å². The number of fused-ring (bicyclic) bond motifs is 5. The van der Waals surface area contributed by atoms with E-state index in [4.69, 9.17) is 4.74 Å². The first-order chi connectivity index (χ1) is 14.0. The Morgan fingerprint density at radius 1 is 1.00 bits per heavy atom. The van der Waals surface area contributed by atoms with Gasteiger partial charge in [0, 0.05) is 6.20 Å². The summed E-state index contributed by atoms with van der Waals surface area (Å²) in [6.07, 6.45) is 3.63. The molecule has 146 valence electrons. The number of benzene rings is 2. The van der Waals surface area contributed by atoms with Crippen LogP contribution in [0.25, 0.3) is 6.08 Å². The lowest BCUT2D eigenvalue weighted by Gasteiger charge is -2.34. The molecule has 2 aromatic rings. The van der Waals surface area contributed by atoms with Gasteiger partial charge in [0.25, 0.3) is 0 Å². The summed E-state index contributed by atoms with van der Waals surface area (Å²) < 4.78 is 18.3. The van der Waals surface area contributed by atoms with Gasteiger partial charge in [-0.3, -0.25) is 9.59 Å². The average molecular weight is 392 g/mol. The van der Waals surface area contributed by atoms with Gasteiger partial charge in [0.2, 0.25) is 11.8 Å². The zero-order chi connectivity index (χ0) is 20.3. The summed E-state index contributed by atoms with van der Waals surface area (Å²) in [5.74, 6) is -3.49. The quantitative estimate of drug-likeness (QED) is 0.580. The average Bonchev–Trinajstić information content (AvgIpc) is 3.21. The van der Waals surface area contributed by atoms with Crippen LogP contribution < -0.4 is 4.90 Å². The predicted molar refractivity (Wildman–Crippen MR) is 102 cm³/mol. The number of anilines is 1. The van der Waals surface area contributed by atoms with Crippen molar-refractivity contribution in [3.63, 3.8) is 0 Å². The number of ether oxygens (including phenoxy) is 1. The van der Waals surface area contributed by atoms with Crippen LogP contribution in [-0.4, -0.2) is 35.8 Å². The van der Waals surface area contributed by atoms with Crippen LogP contribution in [-0.2, 0) is 19.1 Å². The zero-order valence-corrected chi connectivity index (χ0v) is 15.5. The van der Waals surface area contributed by atoms with Gasteiger partial charge in [0.15, 0.2) is 0 Å². The number of rotatable bonds is 2. The minimum Gasteiger partial charge on any atom is -0.467 e. The molecule has 0 spiro atoms. The number of amides is 2. The molecule has 29 heavy (non-hydrogen) atoms. The Kier molecular flexibility index (Phi) is 3.81. The predicted octanol–water partition coefficient (Wildman–Crippen LogP) is 2.51. The normalized spacial score (nSPS) is 27.0. The third kappa shape index (κ3) is 2.36. The SMILES string of the molecule is COC(=O)[C@H]1[C@H]2C(=O)N(c3ccc(F)cc3)C(=O)[C@@H]2[C@H]2c3ccccc3C=CN21. The van der Waals surface area contributed by atoms with Crippen LogP contribution in [0.4, 0.5) is 10.1 Å². The van der Waals surface area contributed by atoms with Crippen LogP contribution in [0.2, 0.25) is 0 Å². The number of hydrogen-bond donors (Lipinski definition) is 0. The van der Waals surface area contributed by atoms with Gasteiger partial charge in [-0.2, -0.15) is 0 Å². The van der Waals surface area contributed by atoms with E-state index in [9.17, 15) is 18.8 Å². The van der Waals surface area contributed by atoms with Crippen molar-refractivity contribution in [1.82, 2.24) is 4.90 Å². The van der Waals surface area contributed by atoms with Crippen molar-refractivity contribution in [2.45, 2.75) is 12.1 Å². The number of esters is 1. The van der Waals surface area contributed by atoms with E-state index in [2.05, 4.69) is 0 Å². The molecule has 0 radical (unpaired) electrons. The second-order valence-electron chi connectivity index (χ2n) is 7.34. The fourth-order valence-electron chi connectivity index (χ4n) is 4.79. The molecular weight excluding hydrogens is 375 g/mol. The van der Waals surface area contributed by atoms with Gasteiger partial charge < -0.3 is 9.64 Å². The standard InChI is InChI=1S/C22H17FN2O4/c1-29-22(28)19-17-16(18-15-5-3-2-4-12(15)10-11-24(18)19)20(26)25(21(17)27)14-8-6-13(23)7-9-14/h2-11,16-19H,1H3/t16-,17-,18+,19+/m0/s1. The molecule has 7 heteroatoms. The molecule has 0 aromatic heterocycles. The fraction of sp³-hybridized carbons (Fsp3) is 0.227. The van der Waals surface area contributed by atoms with E-state index in [1.54, 1.807) is 11.1 Å². The van der Waals surface area contributed by atoms with E-state index in [1.807, 2.05) is 30.3 Å². The number of nitrogens with zero attached hydrogens (tertiary/aromatic N) is 2. The number of methoxy groups -OCH3 is 1. The van der Waals surface area contributed by atoms with E-state index >= 15 is 0 Å². The van der Waals surface area contributed by atoms with Crippen LogP contribution in [0.5, 0.6) is 0 Å². The summed E-state index contributed by atoms with van der Waals surface area (Å²) in [7, 11) is 1.27. The Morgan fingerprint density at radius 3 is 2.41 bits per heavy atom. The van der Waals surface area contributed by atoms with Crippen LogP contribution >= 0.6 is 0 Å². The minimum absolute atomic E-state index is 0.297. The summed E-state index contributed by atoms with van der Waals surface area (Å²) in [5, 5.41) is 0. The molecule has 0 N–H and O–H groups in total. The summed E-state index contributed by atoms with van der Waals surface area (Å²) in [6.45, 7) is 0. The maximum absolute atomic E-state index is 13.4.